The molecule has 0 aromatic heterocycles. The first-order chi connectivity index (χ1) is 10.7. The van der Waals surface area contributed by atoms with Gasteiger partial charge in [-0.1, -0.05) is 13.8 Å². The second-order valence-corrected chi connectivity index (χ2v) is 7.31. The predicted octanol–water partition coefficient (Wildman–Crippen LogP) is 0.150. The van der Waals surface area contributed by atoms with Gasteiger partial charge in [0.2, 0.25) is 0 Å². The fraction of sp³-hybridized carbons (Fsp3) is 0.611. The van der Waals surface area contributed by atoms with Crippen LogP contribution in [0.25, 0.3) is 0 Å². The van der Waals surface area contributed by atoms with E-state index >= 15 is 0 Å². The van der Waals surface area contributed by atoms with E-state index in [0.717, 1.165) is 10.0 Å². The van der Waals surface area contributed by atoms with Crippen molar-refractivity contribution in [2.45, 2.75) is 26.7 Å². The zero-order valence-corrected chi connectivity index (χ0v) is 16.3. The molecule has 1 amide bonds. The second kappa shape index (κ2) is 8.19. The molecule has 1 heterocycles. The third-order valence-electron chi connectivity index (χ3n) is 4.14. The van der Waals surface area contributed by atoms with E-state index < -0.39 is 0 Å². The van der Waals surface area contributed by atoms with Crippen LogP contribution in [0.1, 0.15) is 30.9 Å². The molecule has 0 aliphatic carbocycles. The van der Waals surface area contributed by atoms with Gasteiger partial charge in [0.15, 0.2) is 0 Å². The Morgan fingerprint density at radius 3 is 2.29 bits per heavy atom. The van der Waals surface area contributed by atoms with Gasteiger partial charge >= 0.3 is 6.09 Å². The van der Waals surface area contributed by atoms with Gasteiger partial charge in [-0.05, 0) is 24.5 Å². The third kappa shape index (κ3) is 4.85. The number of aryl methyl sites for hydroxylation is 1. The number of carbonyl (C=O) groups excluding carboxylic acids is 1. The highest BCUT2D eigenvalue weighted by atomic mass is 35.5. The number of halogens is 1. The summed E-state index contributed by atoms with van der Waals surface area (Å²) < 4.78 is 11.7. The monoisotopic (exact) mass is 356 g/mol. The Balaban J connectivity index is 0.00000288. The summed E-state index contributed by atoms with van der Waals surface area (Å²) in [6.07, 6.45) is -0.288. The topological polar surface area (TPSA) is 38.8 Å². The molecule has 1 aliphatic rings. The maximum absolute atomic E-state index is 12.3. The number of nitrogens with zero attached hydrogens (tertiary/aromatic N) is 2. The van der Waals surface area contributed by atoms with Crippen molar-refractivity contribution in [1.29, 1.82) is 0 Å². The van der Waals surface area contributed by atoms with Crippen molar-refractivity contribution in [3.8, 4) is 5.75 Å². The minimum atomic E-state index is -0.288. The molecule has 1 aromatic rings. The van der Waals surface area contributed by atoms with E-state index in [-0.39, 0.29) is 18.5 Å². The van der Waals surface area contributed by atoms with E-state index in [1.807, 2.05) is 13.0 Å². The average Bonchev–Trinajstić information content (AvgIpc) is 2.48. The lowest BCUT2D eigenvalue weighted by molar-refractivity contribution is -0.0000109. The van der Waals surface area contributed by atoms with Gasteiger partial charge < -0.3 is 26.8 Å². The van der Waals surface area contributed by atoms with E-state index in [0.29, 0.717) is 38.0 Å². The first-order valence-electron chi connectivity index (χ1n) is 8.21. The maximum Gasteiger partial charge on any atom is 0.415 e. The number of rotatable bonds is 3. The number of carbonyl (C=O) groups is 1. The summed E-state index contributed by atoms with van der Waals surface area (Å²) in [4.78, 5) is 14.0. The van der Waals surface area contributed by atoms with E-state index in [1.165, 1.54) is 11.3 Å². The highest BCUT2D eigenvalue weighted by Crippen LogP contribution is 2.35. The van der Waals surface area contributed by atoms with Crippen LogP contribution in [0.5, 0.6) is 5.75 Å². The van der Waals surface area contributed by atoms with Crippen LogP contribution in [0.3, 0.4) is 0 Å². The minimum absolute atomic E-state index is 0. The first-order valence-corrected chi connectivity index (χ1v) is 8.21. The van der Waals surface area contributed by atoms with Crippen molar-refractivity contribution in [2.24, 2.45) is 0 Å². The van der Waals surface area contributed by atoms with Crippen LogP contribution in [0.2, 0.25) is 0 Å². The molecule has 0 bridgehead atoms. The number of benzene rings is 1. The average molecular weight is 357 g/mol. The van der Waals surface area contributed by atoms with Crippen molar-refractivity contribution >= 4 is 11.8 Å². The van der Waals surface area contributed by atoms with Crippen molar-refractivity contribution in [2.75, 3.05) is 47.4 Å². The number of quaternary nitrogens is 1. The van der Waals surface area contributed by atoms with E-state index in [4.69, 9.17) is 9.47 Å². The molecule has 1 aromatic carbocycles. The Bertz CT molecular complexity index is 576. The molecule has 0 N–H and O–H groups in total. The minimum Gasteiger partial charge on any atom is -1.00 e. The molecule has 0 unspecified atom stereocenters. The molecule has 1 aliphatic heterocycles. The first kappa shape index (κ1) is 20.7. The summed E-state index contributed by atoms with van der Waals surface area (Å²) in [7, 11) is 6.46. The van der Waals surface area contributed by atoms with Gasteiger partial charge in [0.05, 0.1) is 34.4 Å². The quantitative estimate of drug-likeness (QED) is 0.724. The summed E-state index contributed by atoms with van der Waals surface area (Å²) in [6, 6.07) is 4.16. The zero-order chi connectivity index (χ0) is 17.2. The lowest BCUT2D eigenvalue weighted by atomic mass is 9.97. The molecule has 5 nitrogen and oxygen atoms in total. The van der Waals surface area contributed by atoms with Crippen LogP contribution in [0.15, 0.2) is 12.1 Å². The van der Waals surface area contributed by atoms with Crippen molar-refractivity contribution in [3.05, 3.63) is 23.3 Å². The van der Waals surface area contributed by atoms with Gasteiger partial charge in [-0.2, -0.15) is 0 Å². The number of hydrogen-bond donors (Lipinski definition) is 0. The highest BCUT2D eigenvalue weighted by molar-refractivity contribution is 5.72. The normalized spacial score (nSPS) is 15.2. The Morgan fingerprint density at radius 1 is 1.21 bits per heavy atom. The number of morpholine rings is 1. The molecule has 0 saturated carbocycles. The van der Waals surface area contributed by atoms with Crippen LogP contribution in [0.4, 0.5) is 10.5 Å². The van der Waals surface area contributed by atoms with Gasteiger partial charge in [-0.25, -0.2) is 4.79 Å². The lowest BCUT2D eigenvalue weighted by Gasteiger charge is -2.29. The summed E-state index contributed by atoms with van der Waals surface area (Å²) in [5, 5.41) is 0. The van der Waals surface area contributed by atoms with E-state index in [1.54, 1.807) is 4.90 Å². The summed E-state index contributed by atoms with van der Waals surface area (Å²) in [6.45, 7) is 8.65. The molecular formula is C18H29ClN2O3. The van der Waals surface area contributed by atoms with Gasteiger partial charge in [-0.15, -0.1) is 0 Å². The standard InChI is InChI=1S/C18H29N2O3.ClH/c1-13(2)15-12-17(14(3)11-16(15)20(4,5)6)23-18(21)19-7-9-22-10-8-19;/h11-13H,7-10H2,1-6H3;1H/q+1;/p-1. The number of ether oxygens (including phenoxy) is 2. The summed E-state index contributed by atoms with van der Waals surface area (Å²) in [5.74, 6) is 1.02. The second-order valence-electron chi connectivity index (χ2n) is 7.31. The van der Waals surface area contributed by atoms with Crippen LogP contribution in [0, 0.1) is 6.92 Å². The van der Waals surface area contributed by atoms with Crippen molar-refractivity contribution in [1.82, 2.24) is 9.38 Å². The molecule has 2 rings (SSSR count). The predicted molar refractivity (Wildman–Crippen MR) is 93.3 cm³/mol. The van der Waals surface area contributed by atoms with Gasteiger partial charge in [0, 0.05) is 24.7 Å². The molecule has 0 atom stereocenters. The molecular weight excluding hydrogens is 328 g/mol. The van der Waals surface area contributed by atoms with Crippen LogP contribution >= 0.6 is 0 Å². The fourth-order valence-electron chi connectivity index (χ4n) is 2.75. The third-order valence-corrected chi connectivity index (χ3v) is 4.14. The SMILES string of the molecule is Cc1cc([N+](C)(C)C)c(C(C)C)cc1OC(=O)N1CCOCC1.[Cl-]. The zero-order valence-electron chi connectivity index (χ0n) is 15.6. The van der Waals surface area contributed by atoms with Crippen molar-refractivity contribution in [3.63, 3.8) is 0 Å². The van der Waals surface area contributed by atoms with E-state index in [2.05, 4.69) is 41.1 Å². The molecule has 0 radical (unpaired) electrons. The van der Waals surface area contributed by atoms with Gasteiger partial charge in [0.25, 0.3) is 0 Å². The molecule has 0 spiro atoms. The molecule has 24 heavy (non-hydrogen) atoms. The Morgan fingerprint density at radius 2 is 1.79 bits per heavy atom. The maximum atomic E-state index is 12.3. The summed E-state index contributed by atoms with van der Waals surface area (Å²) in [5.41, 5.74) is 3.45. The molecule has 1 saturated heterocycles. The van der Waals surface area contributed by atoms with Crippen LogP contribution in [-0.2, 0) is 4.74 Å². The van der Waals surface area contributed by atoms with Gasteiger partial charge in [-0.3, -0.25) is 4.48 Å². The largest absolute Gasteiger partial charge is 1.00 e. The fourth-order valence-corrected chi connectivity index (χ4v) is 2.75. The molecule has 136 valence electrons. The van der Waals surface area contributed by atoms with Crippen LogP contribution in [-0.4, -0.2) is 58.4 Å². The smallest absolute Gasteiger partial charge is 0.415 e. The Hall–Kier alpha value is -1.30. The van der Waals surface area contributed by atoms with Crippen LogP contribution < -0.4 is 21.6 Å². The van der Waals surface area contributed by atoms with E-state index in [9.17, 15) is 4.79 Å². The number of hydrogen-bond acceptors (Lipinski definition) is 3. The van der Waals surface area contributed by atoms with Gasteiger partial charge in [0.1, 0.15) is 11.4 Å². The molecule has 1 fully saturated rings. The number of amides is 1. The summed E-state index contributed by atoms with van der Waals surface area (Å²) >= 11 is 0. The Kier molecular flexibility index (Phi) is 7.08. The van der Waals surface area contributed by atoms with Crippen molar-refractivity contribution < 1.29 is 26.7 Å². The highest BCUT2D eigenvalue weighted by Gasteiger charge is 2.24. The Labute approximate surface area is 151 Å². The molecule has 6 heteroatoms. The lowest BCUT2D eigenvalue weighted by Crippen LogP contribution is -3.00.